The SMILES string of the molecule is CC(O)CC(C)(C)CNC(=O)N1CCN(c2ccncc2)CC1. The maximum atomic E-state index is 12.3. The summed E-state index contributed by atoms with van der Waals surface area (Å²) in [7, 11) is 0. The zero-order valence-electron chi connectivity index (χ0n) is 14.3. The van der Waals surface area contributed by atoms with E-state index in [1.807, 2.05) is 17.0 Å². The highest BCUT2D eigenvalue weighted by atomic mass is 16.3. The Morgan fingerprint density at radius 1 is 1.30 bits per heavy atom. The first-order valence-corrected chi connectivity index (χ1v) is 8.23. The van der Waals surface area contributed by atoms with Crippen LogP contribution >= 0.6 is 0 Å². The van der Waals surface area contributed by atoms with Gasteiger partial charge < -0.3 is 20.2 Å². The van der Waals surface area contributed by atoms with Crippen LogP contribution in [0.4, 0.5) is 10.5 Å². The van der Waals surface area contributed by atoms with Gasteiger partial charge >= 0.3 is 6.03 Å². The zero-order chi connectivity index (χ0) is 16.9. The number of pyridine rings is 1. The van der Waals surface area contributed by atoms with Crippen LogP contribution in [0.3, 0.4) is 0 Å². The number of nitrogens with one attached hydrogen (secondary N) is 1. The Morgan fingerprint density at radius 3 is 2.48 bits per heavy atom. The molecule has 1 aliphatic rings. The molecule has 1 unspecified atom stereocenters. The average Bonchev–Trinajstić information content (AvgIpc) is 2.52. The first kappa shape index (κ1) is 17.5. The van der Waals surface area contributed by atoms with Crippen LogP contribution in [0.15, 0.2) is 24.5 Å². The van der Waals surface area contributed by atoms with Crippen molar-refractivity contribution in [3.63, 3.8) is 0 Å². The quantitative estimate of drug-likeness (QED) is 0.866. The molecule has 128 valence electrons. The number of carbonyl (C=O) groups excluding carboxylic acids is 1. The molecule has 0 radical (unpaired) electrons. The molecule has 0 spiro atoms. The van der Waals surface area contributed by atoms with Crippen LogP contribution in [-0.4, -0.2) is 59.8 Å². The molecule has 6 heteroatoms. The standard InChI is InChI=1S/C17H28N4O2/c1-14(22)12-17(2,3)13-19-16(23)21-10-8-20(9-11-21)15-4-6-18-7-5-15/h4-7,14,22H,8-13H2,1-3H3,(H,19,23). The number of aliphatic hydroxyl groups excluding tert-OH is 1. The number of rotatable bonds is 5. The summed E-state index contributed by atoms with van der Waals surface area (Å²) in [6, 6.07) is 3.97. The number of nitrogens with zero attached hydrogens (tertiary/aromatic N) is 3. The fourth-order valence-corrected chi connectivity index (χ4v) is 3.02. The number of anilines is 1. The maximum absolute atomic E-state index is 12.3. The Bertz CT molecular complexity index is 497. The van der Waals surface area contributed by atoms with E-state index in [9.17, 15) is 9.90 Å². The van der Waals surface area contributed by atoms with Crippen molar-refractivity contribution in [2.45, 2.75) is 33.3 Å². The normalized spacial score (nSPS) is 17.0. The molecule has 1 saturated heterocycles. The van der Waals surface area contributed by atoms with Gasteiger partial charge in [0.25, 0.3) is 0 Å². The second-order valence-corrected chi connectivity index (χ2v) is 7.06. The highest BCUT2D eigenvalue weighted by molar-refractivity contribution is 5.74. The molecule has 1 fully saturated rings. The lowest BCUT2D eigenvalue weighted by Gasteiger charge is -2.36. The van der Waals surface area contributed by atoms with E-state index in [1.165, 1.54) is 0 Å². The van der Waals surface area contributed by atoms with E-state index in [1.54, 1.807) is 19.3 Å². The molecule has 2 amide bonds. The fraction of sp³-hybridized carbons (Fsp3) is 0.647. The smallest absolute Gasteiger partial charge is 0.317 e. The second kappa shape index (κ2) is 7.64. The third-order valence-electron chi connectivity index (χ3n) is 4.16. The highest BCUT2D eigenvalue weighted by Gasteiger charge is 2.25. The van der Waals surface area contributed by atoms with Crippen molar-refractivity contribution in [1.82, 2.24) is 15.2 Å². The van der Waals surface area contributed by atoms with Crippen molar-refractivity contribution in [2.75, 3.05) is 37.6 Å². The third kappa shape index (κ3) is 5.39. The molecule has 2 rings (SSSR count). The van der Waals surface area contributed by atoms with E-state index in [0.717, 1.165) is 18.8 Å². The molecule has 6 nitrogen and oxygen atoms in total. The zero-order valence-corrected chi connectivity index (χ0v) is 14.3. The summed E-state index contributed by atoms with van der Waals surface area (Å²) in [6.45, 7) is 9.55. The van der Waals surface area contributed by atoms with Crippen LogP contribution in [-0.2, 0) is 0 Å². The van der Waals surface area contributed by atoms with Gasteiger partial charge in [0.15, 0.2) is 0 Å². The number of carbonyl (C=O) groups is 1. The van der Waals surface area contributed by atoms with Crippen LogP contribution in [0, 0.1) is 5.41 Å². The van der Waals surface area contributed by atoms with E-state index in [0.29, 0.717) is 26.1 Å². The van der Waals surface area contributed by atoms with Crippen molar-refractivity contribution in [3.8, 4) is 0 Å². The Morgan fingerprint density at radius 2 is 1.91 bits per heavy atom. The summed E-state index contributed by atoms with van der Waals surface area (Å²) in [6.07, 6.45) is 3.89. The van der Waals surface area contributed by atoms with E-state index < -0.39 is 0 Å². The van der Waals surface area contributed by atoms with Gasteiger partial charge in [-0.25, -0.2) is 4.79 Å². The number of hydrogen-bond acceptors (Lipinski definition) is 4. The van der Waals surface area contributed by atoms with Crippen molar-refractivity contribution in [1.29, 1.82) is 0 Å². The third-order valence-corrected chi connectivity index (χ3v) is 4.16. The van der Waals surface area contributed by atoms with Crippen LogP contribution in [0.2, 0.25) is 0 Å². The first-order valence-electron chi connectivity index (χ1n) is 8.23. The first-order chi connectivity index (χ1) is 10.9. The van der Waals surface area contributed by atoms with Crippen LogP contribution in [0.25, 0.3) is 0 Å². The van der Waals surface area contributed by atoms with Crippen molar-refractivity contribution in [3.05, 3.63) is 24.5 Å². The Labute approximate surface area is 138 Å². The molecule has 0 saturated carbocycles. The maximum Gasteiger partial charge on any atom is 0.317 e. The molecule has 1 aromatic heterocycles. The van der Waals surface area contributed by atoms with Gasteiger partial charge in [-0.2, -0.15) is 0 Å². The molecular weight excluding hydrogens is 292 g/mol. The molecule has 1 aliphatic heterocycles. The van der Waals surface area contributed by atoms with Crippen LogP contribution < -0.4 is 10.2 Å². The molecule has 0 aliphatic carbocycles. The minimum Gasteiger partial charge on any atom is -0.393 e. The van der Waals surface area contributed by atoms with E-state index in [4.69, 9.17) is 0 Å². The summed E-state index contributed by atoms with van der Waals surface area (Å²) in [5.41, 5.74) is 1.04. The monoisotopic (exact) mass is 320 g/mol. The molecule has 23 heavy (non-hydrogen) atoms. The molecule has 1 aromatic rings. The van der Waals surface area contributed by atoms with E-state index in [-0.39, 0.29) is 17.6 Å². The van der Waals surface area contributed by atoms with Gasteiger partial charge in [0.05, 0.1) is 6.10 Å². The number of hydrogen-bond donors (Lipinski definition) is 2. The predicted octanol–water partition coefficient (Wildman–Crippen LogP) is 1.71. The minimum absolute atomic E-state index is 0.0157. The summed E-state index contributed by atoms with van der Waals surface area (Å²) in [5, 5.41) is 12.5. The lowest BCUT2D eigenvalue weighted by molar-refractivity contribution is 0.126. The summed E-state index contributed by atoms with van der Waals surface area (Å²) in [5.74, 6) is 0. The van der Waals surface area contributed by atoms with Crippen LogP contribution in [0.1, 0.15) is 27.2 Å². The molecule has 2 N–H and O–H groups in total. The van der Waals surface area contributed by atoms with E-state index >= 15 is 0 Å². The molecular formula is C17H28N4O2. The largest absolute Gasteiger partial charge is 0.393 e. The number of aromatic nitrogens is 1. The molecule has 0 aromatic carbocycles. The van der Waals surface area contributed by atoms with Gasteiger partial charge in [-0.15, -0.1) is 0 Å². The average molecular weight is 320 g/mol. The van der Waals surface area contributed by atoms with Gasteiger partial charge in [-0.05, 0) is 30.9 Å². The lowest BCUT2D eigenvalue weighted by Crippen LogP contribution is -2.53. The number of piperazine rings is 1. The highest BCUT2D eigenvalue weighted by Crippen LogP contribution is 2.21. The van der Waals surface area contributed by atoms with Gasteiger partial charge in [0.2, 0.25) is 0 Å². The fourth-order valence-electron chi connectivity index (χ4n) is 3.02. The van der Waals surface area contributed by atoms with Crippen molar-refractivity contribution < 1.29 is 9.90 Å². The van der Waals surface area contributed by atoms with Gasteiger partial charge in [-0.1, -0.05) is 13.8 Å². The summed E-state index contributed by atoms with van der Waals surface area (Å²) in [4.78, 5) is 20.5. The van der Waals surface area contributed by atoms with Gasteiger partial charge in [-0.3, -0.25) is 4.98 Å². The number of aliphatic hydroxyl groups is 1. The molecule has 1 atom stereocenters. The van der Waals surface area contributed by atoms with Gasteiger partial charge in [0.1, 0.15) is 0 Å². The van der Waals surface area contributed by atoms with Crippen molar-refractivity contribution in [2.24, 2.45) is 5.41 Å². The Kier molecular flexibility index (Phi) is 5.82. The Hall–Kier alpha value is -1.82. The number of amides is 2. The number of urea groups is 1. The summed E-state index contributed by atoms with van der Waals surface area (Å²) >= 11 is 0. The molecule has 2 heterocycles. The minimum atomic E-state index is -0.356. The van der Waals surface area contributed by atoms with E-state index in [2.05, 4.69) is 29.0 Å². The topological polar surface area (TPSA) is 68.7 Å². The summed E-state index contributed by atoms with van der Waals surface area (Å²) < 4.78 is 0. The van der Waals surface area contributed by atoms with Gasteiger partial charge in [0, 0.05) is 50.8 Å². The second-order valence-electron chi connectivity index (χ2n) is 7.06. The molecule has 0 bridgehead atoms. The Balaban J connectivity index is 1.78. The lowest BCUT2D eigenvalue weighted by atomic mass is 9.87. The predicted molar refractivity (Wildman–Crippen MR) is 91.5 cm³/mol. The van der Waals surface area contributed by atoms with Crippen molar-refractivity contribution >= 4 is 11.7 Å². The van der Waals surface area contributed by atoms with Crippen LogP contribution in [0.5, 0.6) is 0 Å².